The molecule has 2 heteroatoms. The van der Waals surface area contributed by atoms with Crippen molar-refractivity contribution in [3.05, 3.63) is 35.9 Å². The molecule has 0 fully saturated rings. The molecule has 1 aromatic carbocycles. The Kier molecular flexibility index (Phi) is 3.18. The maximum absolute atomic E-state index is 5.85. The summed E-state index contributed by atoms with van der Waals surface area (Å²) in [7, 11) is 0. The highest BCUT2D eigenvalue weighted by Gasteiger charge is 2.10. The van der Waals surface area contributed by atoms with E-state index in [0.29, 0.717) is 0 Å². The zero-order chi connectivity index (χ0) is 9.03. The average molecular weight is 181 g/mol. The molecule has 0 aromatic heterocycles. The molecule has 0 aliphatic carbocycles. The molecule has 0 saturated heterocycles. The SMILES string of the molecule is CC(C)(N)SCc1ccccc1. The van der Waals surface area contributed by atoms with Crippen LogP contribution < -0.4 is 5.73 Å². The molecule has 0 saturated carbocycles. The van der Waals surface area contributed by atoms with Crippen LogP contribution in [0.4, 0.5) is 0 Å². The summed E-state index contributed by atoms with van der Waals surface area (Å²) in [6.45, 7) is 4.06. The Hall–Kier alpha value is -0.470. The second-order valence-corrected chi connectivity index (χ2v) is 5.01. The quantitative estimate of drug-likeness (QED) is 0.725. The number of thioether (sulfide) groups is 1. The van der Waals surface area contributed by atoms with Crippen LogP contribution in [0.2, 0.25) is 0 Å². The first kappa shape index (κ1) is 9.62. The molecule has 0 amide bonds. The summed E-state index contributed by atoms with van der Waals surface area (Å²) in [6.07, 6.45) is 0. The Labute approximate surface area is 78.4 Å². The van der Waals surface area contributed by atoms with Gasteiger partial charge in [0.1, 0.15) is 0 Å². The lowest BCUT2D eigenvalue weighted by Crippen LogP contribution is -2.27. The monoisotopic (exact) mass is 181 g/mol. The van der Waals surface area contributed by atoms with Crippen LogP contribution in [0.1, 0.15) is 19.4 Å². The van der Waals surface area contributed by atoms with E-state index in [9.17, 15) is 0 Å². The van der Waals surface area contributed by atoms with Gasteiger partial charge in [0.05, 0.1) is 4.87 Å². The molecule has 0 aliphatic heterocycles. The van der Waals surface area contributed by atoms with E-state index < -0.39 is 0 Å². The van der Waals surface area contributed by atoms with E-state index in [2.05, 4.69) is 24.3 Å². The van der Waals surface area contributed by atoms with Gasteiger partial charge in [-0.1, -0.05) is 30.3 Å². The van der Waals surface area contributed by atoms with Gasteiger partial charge in [0, 0.05) is 5.75 Å². The van der Waals surface area contributed by atoms with Gasteiger partial charge < -0.3 is 5.73 Å². The molecule has 0 heterocycles. The topological polar surface area (TPSA) is 26.0 Å². The van der Waals surface area contributed by atoms with Crippen molar-refractivity contribution in [2.75, 3.05) is 0 Å². The summed E-state index contributed by atoms with van der Waals surface area (Å²) in [5, 5.41) is 0. The van der Waals surface area contributed by atoms with Crippen LogP contribution in [0.5, 0.6) is 0 Å². The molecule has 66 valence electrons. The smallest absolute Gasteiger partial charge is 0.0566 e. The van der Waals surface area contributed by atoms with Gasteiger partial charge >= 0.3 is 0 Å². The van der Waals surface area contributed by atoms with Crippen molar-refractivity contribution in [3.8, 4) is 0 Å². The molecule has 0 radical (unpaired) electrons. The van der Waals surface area contributed by atoms with Crippen molar-refractivity contribution >= 4 is 11.8 Å². The highest BCUT2D eigenvalue weighted by molar-refractivity contribution is 7.99. The Bertz CT molecular complexity index is 225. The van der Waals surface area contributed by atoms with Gasteiger partial charge in [-0.15, -0.1) is 11.8 Å². The fourth-order valence-corrected chi connectivity index (χ4v) is 1.57. The number of hydrogen-bond acceptors (Lipinski definition) is 2. The number of nitrogens with two attached hydrogens (primary N) is 1. The lowest BCUT2D eigenvalue weighted by atomic mass is 10.2. The van der Waals surface area contributed by atoms with Crippen LogP contribution in [0.15, 0.2) is 30.3 Å². The average Bonchev–Trinajstić information content (AvgIpc) is 2.02. The van der Waals surface area contributed by atoms with Crippen LogP contribution in [0.25, 0.3) is 0 Å². The maximum Gasteiger partial charge on any atom is 0.0566 e. The van der Waals surface area contributed by atoms with Crippen molar-refractivity contribution in [3.63, 3.8) is 0 Å². The first-order valence-corrected chi connectivity index (χ1v) is 5.03. The standard InChI is InChI=1S/C10H15NS/c1-10(2,11)12-8-9-6-4-3-5-7-9/h3-7H,8,11H2,1-2H3. The molecule has 0 spiro atoms. The number of hydrogen-bond donors (Lipinski definition) is 1. The summed E-state index contributed by atoms with van der Waals surface area (Å²) in [5.74, 6) is 0.990. The predicted molar refractivity (Wildman–Crippen MR) is 56.0 cm³/mol. The zero-order valence-corrected chi connectivity index (χ0v) is 8.40. The van der Waals surface area contributed by atoms with Crippen molar-refractivity contribution < 1.29 is 0 Å². The van der Waals surface area contributed by atoms with E-state index in [1.165, 1.54) is 5.56 Å². The van der Waals surface area contributed by atoms with Gasteiger partial charge in [0.15, 0.2) is 0 Å². The zero-order valence-electron chi connectivity index (χ0n) is 7.58. The highest BCUT2D eigenvalue weighted by Crippen LogP contribution is 2.22. The predicted octanol–water partition coefficient (Wildman–Crippen LogP) is 2.61. The number of rotatable bonds is 3. The van der Waals surface area contributed by atoms with Crippen molar-refractivity contribution in [2.45, 2.75) is 24.5 Å². The van der Waals surface area contributed by atoms with Crippen molar-refractivity contribution in [1.82, 2.24) is 0 Å². The Morgan fingerprint density at radius 1 is 1.25 bits per heavy atom. The Morgan fingerprint density at radius 3 is 2.33 bits per heavy atom. The lowest BCUT2D eigenvalue weighted by molar-refractivity contribution is 0.758. The number of benzene rings is 1. The lowest BCUT2D eigenvalue weighted by Gasteiger charge is -2.17. The van der Waals surface area contributed by atoms with Gasteiger partial charge in [0.25, 0.3) is 0 Å². The molecule has 12 heavy (non-hydrogen) atoms. The fourth-order valence-electron chi connectivity index (χ4n) is 0.844. The van der Waals surface area contributed by atoms with Crippen LogP contribution in [0, 0.1) is 0 Å². The third-order valence-corrected chi connectivity index (χ3v) is 2.68. The summed E-state index contributed by atoms with van der Waals surface area (Å²) < 4.78 is 0. The van der Waals surface area contributed by atoms with E-state index in [1.807, 2.05) is 19.9 Å². The van der Waals surface area contributed by atoms with Crippen LogP contribution in [-0.4, -0.2) is 4.87 Å². The molecule has 0 aliphatic rings. The minimum atomic E-state index is -0.129. The van der Waals surface area contributed by atoms with E-state index in [-0.39, 0.29) is 4.87 Å². The van der Waals surface area contributed by atoms with Crippen molar-refractivity contribution in [2.24, 2.45) is 5.73 Å². The molecule has 0 atom stereocenters. The third kappa shape index (κ3) is 3.79. The first-order valence-electron chi connectivity index (χ1n) is 4.05. The molecule has 1 rings (SSSR count). The van der Waals surface area contributed by atoms with Gasteiger partial charge in [-0.3, -0.25) is 0 Å². The normalized spacial score (nSPS) is 11.6. The van der Waals surface area contributed by atoms with E-state index in [4.69, 9.17) is 5.73 Å². The molecule has 0 bridgehead atoms. The molecule has 1 nitrogen and oxygen atoms in total. The third-order valence-electron chi connectivity index (χ3n) is 1.45. The summed E-state index contributed by atoms with van der Waals surface area (Å²) >= 11 is 1.76. The molecule has 1 aromatic rings. The van der Waals surface area contributed by atoms with E-state index >= 15 is 0 Å². The summed E-state index contributed by atoms with van der Waals surface area (Å²) in [5.41, 5.74) is 7.18. The second-order valence-electron chi connectivity index (χ2n) is 3.38. The van der Waals surface area contributed by atoms with E-state index in [0.717, 1.165) is 5.75 Å². The van der Waals surface area contributed by atoms with Gasteiger partial charge in [-0.05, 0) is 19.4 Å². The van der Waals surface area contributed by atoms with Gasteiger partial charge in [-0.2, -0.15) is 0 Å². The Morgan fingerprint density at radius 2 is 1.83 bits per heavy atom. The summed E-state index contributed by atoms with van der Waals surface area (Å²) in [4.78, 5) is -0.129. The first-order chi connectivity index (χ1) is 5.58. The minimum absolute atomic E-state index is 0.129. The molecular formula is C10H15NS. The van der Waals surface area contributed by atoms with Crippen LogP contribution >= 0.6 is 11.8 Å². The molecule has 2 N–H and O–H groups in total. The Balaban J connectivity index is 2.44. The molecular weight excluding hydrogens is 166 g/mol. The van der Waals surface area contributed by atoms with Crippen LogP contribution in [0.3, 0.4) is 0 Å². The van der Waals surface area contributed by atoms with Crippen molar-refractivity contribution in [1.29, 1.82) is 0 Å². The minimum Gasteiger partial charge on any atom is -0.317 e. The summed E-state index contributed by atoms with van der Waals surface area (Å²) in [6, 6.07) is 10.4. The maximum atomic E-state index is 5.85. The fraction of sp³-hybridized carbons (Fsp3) is 0.400. The highest BCUT2D eigenvalue weighted by atomic mass is 32.2. The molecule has 0 unspecified atom stereocenters. The van der Waals surface area contributed by atoms with E-state index in [1.54, 1.807) is 11.8 Å². The second kappa shape index (κ2) is 3.97. The van der Waals surface area contributed by atoms with Crippen LogP contribution in [-0.2, 0) is 5.75 Å². The van der Waals surface area contributed by atoms with Gasteiger partial charge in [-0.25, -0.2) is 0 Å². The van der Waals surface area contributed by atoms with Gasteiger partial charge in [0.2, 0.25) is 0 Å². The largest absolute Gasteiger partial charge is 0.317 e.